The average Bonchev–Trinajstić information content (AvgIpc) is 2.81. The Hall–Kier alpha value is -2.03. The second-order valence-electron chi connectivity index (χ2n) is 4.09. The Labute approximate surface area is 100 Å². The first-order chi connectivity index (χ1) is 8.16. The van der Waals surface area contributed by atoms with Gasteiger partial charge in [0.25, 0.3) is 5.91 Å². The highest BCUT2D eigenvalue weighted by atomic mass is 16.3. The van der Waals surface area contributed by atoms with E-state index in [0.29, 0.717) is 12.3 Å². The Morgan fingerprint density at radius 1 is 1.29 bits per heavy atom. The Bertz CT molecular complexity index is 515. The number of rotatable bonds is 3. The first kappa shape index (κ1) is 11.5. The molecule has 0 spiro atoms. The molecule has 0 aliphatic heterocycles. The third-order valence-corrected chi connectivity index (χ3v) is 2.68. The number of aryl methyl sites for hydroxylation is 2. The minimum atomic E-state index is -0.185. The molecule has 17 heavy (non-hydrogen) atoms. The smallest absolute Gasteiger partial charge is 0.287 e. The van der Waals surface area contributed by atoms with E-state index >= 15 is 0 Å². The van der Waals surface area contributed by atoms with Gasteiger partial charge in [-0.3, -0.25) is 4.79 Å². The second kappa shape index (κ2) is 4.87. The van der Waals surface area contributed by atoms with Crippen LogP contribution in [0.15, 0.2) is 41.0 Å². The summed E-state index contributed by atoms with van der Waals surface area (Å²) < 4.78 is 5.02. The van der Waals surface area contributed by atoms with Crippen LogP contribution in [0.3, 0.4) is 0 Å². The molecular weight excluding hydrogens is 214 g/mol. The zero-order valence-electron chi connectivity index (χ0n) is 9.99. The van der Waals surface area contributed by atoms with Gasteiger partial charge < -0.3 is 9.73 Å². The van der Waals surface area contributed by atoms with Gasteiger partial charge in [0.05, 0.1) is 6.26 Å². The number of amides is 1. The molecule has 1 N–H and O–H groups in total. The van der Waals surface area contributed by atoms with Crippen LogP contribution in [0.5, 0.6) is 0 Å². The molecule has 0 saturated heterocycles. The number of nitrogens with one attached hydrogen (secondary N) is 1. The zero-order valence-corrected chi connectivity index (χ0v) is 9.99. The Morgan fingerprint density at radius 2 is 2.12 bits per heavy atom. The maximum Gasteiger partial charge on any atom is 0.287 e. The van der Waals surface area contributed by atoms with Crippen molar-refractivity contribution < 1.29 is 9.21 Å². The molecule has 1 amide bonds. The third-order valence-electron chi connectivity index (χ3n) is 2.68. The van der Waals surface area contributed by atoms with Crippen molar-refractivity contribution in [3.63, 3.8) is 0 Å². The van der Waals surface area contributed by atoms with Gasteiger partial charge in [-0.25, -0.2) is 0 Å². The number of carbonyl (C=O) groups excluding carboxylic acids is 1. The summed E-state index contributed by atoms with van der Waals surface area (Å²) in [5.41, 5.74) is 3.53. The van der Waals surface area contributed by atoms with Gasteiger partial charge in [-0.15, -0.1) is 0 Å². The highest BCUT2D eigenvalue weighted by Gasteiger charge is 2.08. The molecule has 0 atom stereocenters. The molecule has 0 aliphatic rings. The third kappa shape index (κ3) is 2.75. The van der Waals surface area contributed by atoms with Gasteiger partial charge in [-0.1, -0.05) is 23.8 Å². The predicted molar refractivity (Wildman–Crippen MR) is 65.8 cm³/mol. The van der Waals surface area contributed by atoms with Gasteiger partial charge in [0.15, 0.2) is 5.76 Å². The van der Waals surface area contributed by atoms with E-state index in [0.717, 1.165) is 5.56 Å². The maximum atomic E-state index is 11.7. The van der Waals surface area contributed by atoms with Crippen LogP contribution in [-0.2, 0) is 6.54 Å². The summed E-state index contributed by atoms with van der Waals surface area (Å²) >= 11 is 0. The largest absolute Gasteiger partial charge is 0.459 e. The quantitative estimate of drug-likeness (QED) is 0.879. The maximum absolute atomic E-state index is 11.7. The summed E-state index contributed by atoms with van der Waals surface area (Å²) in [6.45, 7) is 4.62. The number of hydrogen-bond acceptors (Lipinski definition) is 2. The lowest BCUT2D eigenvalue weighted by molar-refractivity contribution is 0.0923. The van der Waals surface area contributed by atoms with Crippen molar-refractivity contribution in [2.45, 2.75) is 20.4 Å². The average molecular weight is 229 g/mol. The van der Waals surface area contributed by atoms with Crippen molar-refractivity contribution in [3.8, 4) is 0 Å². The lowest BCUT2D eigenvalue weighted by atomic mass is 10.1. The fourth-order valence-corrected chi connectivity index (χ4v) is 1.71. The normalized spacial score (nSPS) is 10.2. The van der Waals surface area contributed by atoms with Gasteiger partial charge in [-0.2, -0.15) is 0 Å². The van der Waals surface area contributed by atoms with Gasteiger partial charge in [-0.05, 0) is 37.1 Å². The van der Waals surface area contributed by atoms with E-state index in [1.807, 2.05) is 19.1 Å². The van der Waals surface area contributed by atoms with Crippen LogP contribution in [0.2, 0.25) is 0 Å². The minimum Gasteiger partial charge on any atom is -0.459 e. The van der Waals surface area contributed by atoms with Gasteiger partial charge in [0.1, 0.15) is 0 Å². The van der Waals surface area contributed by atoms with Gasteiger partial charge in [0.2, 0.25) is 0 Å². The van der Waals surface area contributed by atoms with E-state index in [4.69, 9.17) is 4.42 Å². The van der Waals surface area contributed by atoms with Crippen LogP contribution < -0.4 is 5.32 Å². The van der Waals surface area contributed by atoms with Crippen molar-refractivity contribution in [2.75, 3.05) is 0 Å². The summed E-state index contributed by atoms with van der Waals surface area (Å²) in [5, 5.41) is 2.83. The number of benzene rings is 1. The predicted octanol–water partition coefficient (Wildman–Crippen LogP) is 2.83. The number of hydrogen-bond donors (Lipinski definition) is 1. The molecule has 2 aromatic rings. The Kier molecular flexibility index (Phi) is 3.28. The monoisotopic (exact) mass is 229 g/mol. The van der Waals surface area contributed by atoms with Crippen molar-refractivity contribution in [1.82, 2.24) is 5.32 Å². The summed E-state index contributed by atoms with van der Waals surface area (Å²) in [7, 11) is 0. The van der Waals surface area contributed by atoms with E-state index < -0.39 is 0 Å². The lowest BCUT2D eigenvalue weighted by Gasteiger charge is -2.07. The fourth-order valence-electron chi connectivity index (χ4n) is 1.71. The van der Waals surface area contributed by atoms with E-state index in [1.165, 1.54) is 17.4 Å². The lowest BCUT2D eigenvalue weighted by Crippen LogP contribution is -2.22. The summed E-state index contributed by atoms with van der Waals surface area (Å²) in [5.74, 6) is 0.157. The van der Waals surface area contributed by atoms with Crippen LogP contribution in [0.25, 0.3) is 0 Å². The molecule has 1 heterocycles. The minimum absolute atomic E-state index is 0.185. The summed E-state index contributed by atoms with van der Waals surface area (Å²) in [6.07, 6.45) is 1.49. The molecule has 3 heteroatoms. The van der Waals surface area contributed by atoms with Crippen molar-refractivity contribution >= 4 is 5.91 Å². The first-order valence-corrected chi connectivity index (χ1v) is 5.54. The molecule has 1 aromatic carbocycles. The summed E-state index contributed by atoms with van der Waals surface area (Å²) in [4.78, 5) is 11.7. The SMILES string of the molecule is Cc1ccc(CNC(=O)c2ccco2)c(C)c1. The van der Waals surface area contributed by atoms with Crippen LogP contribution >= 0.6 is 0 Å². The molecule has 0 fully saturated rings. The van der Waals surface area contributed by atoms with Crippen LogP contribution in [0.1, 0.15) is 27.2 Å². The second-order valence-corrected chi connectivity index (χ2v) is 4.09. The van der Waals surface area contributed by atoms with Gasteiger partial charge in [0, 0.05) is 6.54 Å². The van der Waals surface area contributed by atoms with Crippen LogP contribution in [0.4, 0.5) is 0 Å². The summed E-state index contributed by atoms with van der Waals surface area (Å²) in [6, 6.07) is 9.53. The standard InChI is InChI=1S/C14H15NO2/c1-10-5-6-12(11(2)8-10)9-15-14(16)13-4-3-7-17-13/h3-8H,9H2,1-2H3,(H,15,16). The molecule has 0 unspecified atom stereocenters. The molecule has 2 rings (SSSR count). The Balaban J connectivity index is 2.01. The van der Waals surface area contributed by atoms with E-state index in [-0.39, 0.29) is 5.91 Å². The van der Waals surface area contributed by atoms with E-state index in [1.54, 1.807) is 12.1 Å². The van der Waals surface area contributed by atoms with Crippen molar-refractivity contribution in [3.05, 3.63) is 59.0 Å². The molecule has 3 nitrogen and oxygen atoms in total. The molecule has 0 aliphatic carbocycles. The van der Waals surface area contributed by atoms with Crippen molar-refractivity contribution in [1.29, 1.82) is 0 Å². The molecule has 0 bridgehead atoms. The van der Waals surface area contributed by atoms with Crippen LogP contribution in [0, 0.1) is 13.8 Å². The molecular formula is C14H15NO2. The molecule has 0 radical (unpaired) electrons. The van der Waals surface area contributed by atoms with Gasteiger partial charge >= 0.3 is 0 Å². The zero-order chi connectivity index (χ0) is 12.3. The first-order valence-electron chi connectivity index (χ1n) is 5.54. The molecule has 1 aromatic heterocycles. The number of furan rings is 1. The van der Waals surface area contributed by atoms with E-state index in [2.05, 4.69) is 18.3 Å². The topological polar surface area (TPSA) is 42.2 Å². The number of carbonyl (C=O) groups is 1. The van der Waals surface area contributed by atoms with E-state index in [9.17, 15) is 4.79 Å². The van der Waals surface area contributed by atoms with Crippen LogP contribution in [-0.4, -0.2) is 5.91 Å². The Morgan fingerprint density at radius 3 is 2.76 bits per heavy atom. The van der Waals surface area contributed by atoms with Crippen molar-refractivity contribution in [2.24, 2.45) is 0 Å². The highest BCUT2D eigenvalue weighted by molar-refractivity contribution is 5.91. The fraction of sp³-hybridized carbons (Fsp3) is 0.214. The molecule has 88 valence electrons. The molecule has 0 saturated carbocycles. The highest BCUT2D eigenvalue weighted by Crippen LogP contribution is 2.10.